The molecule has 3 rings (SSSR count). The molecule has 0 fully saturated rings. The maximum Gasteiger partial charge on any atom is 0.325 e. The zero-order valence-electron chi connectivity index (χ0n) is 16.2. The number of carbonyl (C=O) groups is 3. The van der Waals surface area contributed by atoms with E-state index in [0.29, 0.717) is 17.7 Å². The maximum atomic E-state index is 13.0. The quantitative estimate of drug-likeness (QED) is 0.532. The van der Waals surface area contributed by atoms with E-state index in [4.69, 9.17) is 0 Å². The van der Waals surface area contributed by atoms with Gasteiger partial charge in [0.1, 0.15) is 18.9 Å². The van der Waals surface area contributed by atoms with Gasteiger partial charge in [-0.05, 0) is 34.2 Å². The van der Waals surface area contributed by atoms with Crippen LogP contribution in [0.5, 0.6) is 0 Å². The highest BCUT2D eigenvalue weighted by Gasteiger charge is 2.23. The summed E-state index contributed by atoms with van der Waals surface area (Å²) in [5.74, 6) is -1.35. The Morgan fingerprint density at radius 3 is 2.60 bits per heavy atom. The van der Waals surface area contributed by atoms with Crippen molar-refractivity contribution >= 4 is 23.5 Å². The molecular formula is C20H20N6O4. The summed E-state index contributed by atoms with van der Waals surface area (Å²) < 4.78 is 5.88. The van der Waals surface area contributed by atoms with Crippen LogP contribution in [0.4, 0.5) is 5.69 Å². The second-order valence-electron chi connectivity index (χ2n) is 6.32. The SMILES string of the molecule is COC(=O)CNC(=O)c1cccc(NC(=O)C(Cc2ccccc2)n2cnnn2)c1. The molecule has 10 nitrogen and oxygen atoms in total. The Balaban J connectivity index is 1.72. The molecule has 1 unspecified atom stereocenters. The van der Waals surface area contributed by atoms with Gasteiger partial charge in [-0.15, -0.1) is 5.10 Å². The molecule has 30 heavy (non-hydrogen) atoms. The minimum Gasteiger partial charge on any atom is -0.468 e. The highest BCUT2D eigenvalue weighted by atomic mass is 16.5. The minimum atomic E-state index is -0.681. The summed E-state index contributed by atoms with van der Waals surface area (Å²) in [5.41, 5.74) is 1.67. The largest absolute Gasteiger partial charge is 0.468 e. The number of hydrogen-bond donors (Lipinski definition) is 2. The summed E-state index contributed by atoms with van der Waals surface area (Å²) in [6, 6.07) is 15.2. The number of methoxy groups -OCH3 is 1. The van der Waals surface area contributed by atoms with Gasteiger partial charge in [-0.25, -0.2) is 4.68 Å². The fourth-order valence-corrected chi connectivity index (χ4v) is 2.75. The molecule has 154 valence electrons. The number of nitrogens with one attached hydrogen (secondary N) is 2. The zero-order valence-corrected chi connectivity index (χ0v) is 16.2. The Morgan fingerprint density at radius 1 is 1.10 bits per heavy atom. The van der Waals surface area contributed by atoms with Gasteiger partial charge in [0.25, 0.3) is 5.91 Å². The number of anilines is 1. The van der Waals surface area contributed by atoms with E-state index in [1.807, 2.05) is 30.3 Å². The van der Waals surface area contributed by atoms with E-state index in [-0.39, 0.29) is 12.5 Å². The molecule has 0 aliphatic heterocycles. The first-order valence-corrected chi connectivity index (χ1v) is 9.09. The number of rotatable bonds is 8. The van der Waals surface area contributed by atoms with Crippen molar-refractivity contribution in [3.8, 4) is 0 Å². The Morgan fingerprint density at radius 2 is 1.90 bits per heavy atom. The van der Waals surface area contributed by atoms with E-state index in [2.05, 4.69) is 30.9 Å². The van der Waals surface area contributed by atoms with Gasteiger partial charge >= 0.3 is 5.97 Å². The molecule has 0 bridgehead atoms. The standard InChI is InChI=1S/C20H20N6O4/c1-30-18(27)12-21-19(28)15-8-5-9-16(11-15)23-20(29)17(26-13-22-24-25-26)10-14-6-3-2-4-7-14/h2-9,11,13,17H,10,12H2,1H3,(H,21,28)(H,23,29). The number of amides is 2. The molecule has 1 heterocycles. The lowest BCUT2D eigenvalue weighted by molar-refractivity contribution is -0.139. The summed E-state index contributed by atoms with van der Waals surface area (Å²) in [5, 5.41) is 16.3. The van der Waals surface area contributed by atoms with E-state index in [1.165, 1.54) is 24.2 Å². The number of tetrazole rings is 1. The second-order valence-corrected chi connectivity index (χ2v) is 6.32. The third kappa shape index (κ3) is 5.47. The van der Waals surface area contributed by atoms with Crippen molar-refractivity contribution in [3.05, 3.63) is 72.1 Å². The fourth-order valence-electron chi connectivity index (χ4n) is 2.75. The topological polar surface area (TPSA) is 128 Å². The molecule has 0 spiro atoms. The molecule has 10 heteroatoms. The Bertz CT molecular complexity index is 1010. The van der Waals surface area contributed by atoms with Crippen LogP contribution in [0.25, 0.3) is 0 Å². The summed E-state index contributed by atoms with van der Waals surface area (Å²) in [4.78, 5) is 36.3. The van der Waals surface area contributed by atoms with Crippen LogP contribution in [0.3, 0.4) is 0 Å². The number of ether oxygens (including phenoxy) is 1. The monoisotopic (exact) mass is 408 g/mol. The van der Waals surface area contributed by atoms with Crippen LogP contribution in [0.15, 0.2) is 60.9 Å². The molecule has 1 atom stereocenters. The third-order valence-electron chi connectivity index (χ3n) is 4.27. The predicted molar refractivity (Wildman–Crippen MR) is 106 cm³/mol. The third-order valence-corrected chi connectivity index (χ3v) is 4.27. The molecule has 0 saturated carbocycles. The van der Waals surface area contributed by atoms with E-state index < -0.39 is 17.9 Å². The Kier molecular flexibility index (Phi) is 6.83. The van der Waals surface area contributed by atoms with Gasteiger partial charge < -0.3 is 15.4 Å². The number of esters is 1. The van der Waals surface area contributed by atoms with Gasteiger partial charge in [0.2, 0.25) is 5.91 Å². The molecule has 1 aromatic heterocycles. The Hall–Kier alpha value is -4.08. The van der Waals surface area contributed by atoms with Gasteiger partial charge in [0.15, 0.2) is 0 Å². The first-order chi connectivity index (χ1) is 14.6. The summed E-state index contributed by atoms with van der Waals surface area (Å²) >= 11 is 0. The molecule has 0 radical (unpaired) electrons. The van der Waals surface area contributed by atoms with Crippen LogP contribution >= 0.6 is 0 Å². The summed E-state index contributed by atoms with van der Waals surface area (Å²) in [6.45, 7) is -0.246. The average molecular weight is 408 g/mol. The van der Waals surface area contributed by atoms with E-state index in [1.54, 1.807) is 18.2 Å². The second kappa shape index (κ2) is 9.92. The lowest BCUT2D eigenvalue weighted by atomic mass is 10.1. The number of aromatic nitrogens is 4. The predicted octanol–water partition coefficient (Wildman–Crippen LogP) is 0.998. The van der Waals surface area contributed by atoms with Crippen molar-refractivity contribution < 1.29 is 19.1 Å². The maximum absolute atomic E-state index is 13.0. The average Bonchev–Trinajstić information content (AvgIpc) is 3.31. The highest BCUT2D eigenvalue weighted by Crippen LogP contribution is 2.17. The van der Waals surface area contributed by atoms with Crippen LogP contribution in [0, 0.1) is 0 Å². The lowest BCUT2D eigenvalue weighted by Gasteiger charge is -2.17. The van der Waals surface area contributed by atoms with Gasteiger partial charge in [-0.3, -0.25) is 14.4 Å². The number of hydrogen-bond acceptors (Lipinski definition) is 7. The molecule has 0 aliphatic carbocycles. The van der Waals surface area contributed by atoms with Crippen molar-refractivity contribution in [2.75, 3.05) is 19.0 Å². The van der Waals surface area contributed by atoms with Gasteiger partial charge in [0, 0.05) is 17.7 Å². The Labute approximate surface area is 172 Å². The van der Waals surface area contributed by atoms with Crippen LogP contribution in [0.1, 0.15) is 22.0 Å². The van der Waals surface area contributed by atoms with Gasteiger partial charge in [0.05, 0.1) is 7.11 Å². The minimum absolute atomic E-state index is 0.246. The van der Waals surface area contributed by atoms with Crippen LogP contribution in [-0.4, -0.2) is 51.6 Å². The smallest absolute Gasteiger partial charge is 0.325 e. The number of carbonyl (C=O) groups excluding carboxylic acids is 3. The molecule has 0 saturated heterocycles. The first kappa shape index (κ1) is 20.6. The van der Waals surface area contributed by atoms with Crippen LogP contribution < -0.4 is 10.6 Å². The molecule has 0 aliphatic rings. The van der Waals surface area contributed by atoms with Crippen molar-refractivity contribution in [1.82, 2.24) is 25.5 Å². The van der Waals surface area contributed by atoms with Gasteiger partial charge in [-0.2, -0.15) is 0 Å². The molecular weight excluding hydrogens is 388 g/mol. The summed E-state index contributed by atoms with van der Waals surface area (Å²) in [7, 11) is 1.24. The molecule has 2 N–H and O–H groups in total. The first-order valence-electron chi connectivity index (χ1n) is 9.09. The summed E-state index contributed by atoms with van der Waals surface area (Å²) in [6.07, 6.45) is 1.76. The van der Waals surface area contributed by atoms with E-state index >= 15 is 0 Å². The van der Waals surface area contributed by atoms with Crippen molar-refractivity contribution in [2.45, 2.75) is 12.5 Å². The fraction of sp³-hybridized carbons (Fsp3) is 0.200. The molecule has 3 aromatic rings. The van der Waals surface area contributed by atoms with Crippen LogP contribution in [0.2, 0.25) is 0 Å². The van der Waals surface area contributed by atoms with Crippen molar-refractivity contribution in [3.63, 3.8) is 0 Å². The van der Waals surface area contributed by atoms with E-state index in [9.17, 15) is 14.4 Å². The van der Waals surface area contributed by atoms with Crippen molar-refractivity contribution in [1.29, 1.82) is 0 Å². The zero-order chi connectivity index (χ0) is 21.3. The van der Waals surface area contributed by atoms with Crippen molar-refractivity contribution in [2.24, 2.45) is 0 Å². The van der Waals surface area contributed by atoms with E-state index in [0.717, 1.165) is 5.56 Å². The number of benzene rings is 2. The van der Waals surface area contributed by atoms with Gasteiger partial charge in [-0.1, -0.05) is 36.4 Å². The normalized spacial score (nSPS) is 11.4. The highest BCUT2D eigenvalue weighted by molar-refractivity contribution is 5.99. The number of nitrogens with zero attached hydrogens (tertiary/aromatic N) is 4. The molecule has 2 amide bonds. The molecule has 2 aromatic carbocycles. The lowest BCUT2D eigenvalue weighted by Crippen LogP contribution is -2.30. The van der Waals surface area contributed by atoms with Crippen LogP contribution in [-0.2, 0) is 20.7 Å².